The molecule has 0 heterocycles. The third-order valence-corrected chi connectivity index (χ3v) is 4.89. The van der Waals surface area contributed by atoms with Crippen LogP contribution < -0.4 is 0 Å². The molecule has 0 saturated heterocycles. The van der Waals surface area contributed by atoms with Crippen LogP contribution in [0.4, 0.5) is 0 Å². The van der Waals surface area contributed by atoms with Gasteiger partial charge in [0.1, 0.15) is 0 Å². The average Bonchev–Trinajstić information content (AvgIpc) is 2.20. The third kappa shape index (κ3) is 3.67. The molecule has 0 aliphatic rings. The molecule has 0 aliphatic carbocycles. The fraction of sp³-hybridized carbons (Fsp3) is 0.182. The van der Waals surface area contributed by atoms with E-state index in [1.54, 1.807) is 6.08 Å². The predicted octanol–water partition coefficient (Wildman–Crippen LogP) is 2.63. The Bertz CT molecular complexity index is 310. The van der Waals surface area contributed by atoms with Crippen molar-refractivity contribution >= 4 is 31.8 Å². The second-order valence-electron chi connectivity index (χ2n) is 2.76. The first-order valence-corrected chi connectivity index (χ1v) is 6.79. The molecule has 3 heteroatoms. The minimum absolute atomic E-state index is 0.163. The molecule has 14 heavy (non-hydrogen) atoms. The minimum atomic E-state index is -0.295. The van der Waals surface area contributed by atoms with E-state index >= 15 is 0 Å². The van der Waals surface area contributed by atoms with Gasteiger partial charge in [-0.1, -0.05) is 0 Å². The van der Waals surface area contributed by atoms with E-state index in [2.05, 4.69) is 18.7 Å². The first-order valence-electron chi connectivity index (χ1n) is 4.21. The van der Waals surface area contributed by atoms with Gasteiger partial charge in [-0.15, -0.1) is 0 Å². The molecule has 0 N–H and O–H groups in total. The first-order chi connectivity index (χ1) is 6.74. The topological polar surface area (TPSA) is 17.1 Å². The molecule has 0 spiro atoms. The number of carbonyl (C=O) groups is 1. The van der Waals surface area contributed by atoms with E-state index < -0.39 is 0 Å². The zero-order valence-electron chi connectivity index (χ0n) is 7.65. The Morgan fingerprint density at radius 1 is 1.50 bits per heavy atom. The molecule has 0 bridgehead atoms. The van der Waals surface area contributed by atoms with Crippen molar-refractivity contribution < 1.29 is 4.79 Å². The molecule has 1 rings (SSSR count). The van der Waals surface area contributed by atoms with Gasteiger partial charge >= 0.3 is 95.3 Å². The zero-order chi connectivity index (χ0) is 10.4. The number of rotatable bonds is 5. The van der Waals surface area contributed by atoms with E-state index in [1.165, 1.54) is 5.56 Å². The molecule has 1 nitrogen and oxygen atoms in total. The van der Waals surface area contributed by atoms with Crippen molar-refractivity contribution in [3.05, 3.63) is 48.6 Å². The van der Waals surface area contributed by atoms with Crippen LogP contribution in [0.15, 0.2) is 43.0 Å². The standard InChI is InChI=1S/C11H11ClOSe/c1-2-10(11(12)13)14-8-9-6-4-3-5-7-9/h2-7,10H,1,8H2. The Morgan fingerprint density at radius 2 is 2.14 bits per heavy atom. The summed E-state index contributed by atoms with van der Waals surface area (Å²) in [5.74, 6) is 0. The van der Waals surface area contributed by atoms with Gasteiger partial charge in [0.15, 0.2) is 0 Å². The summed E-state index contributed by atoms with van der Waals surface area (Å²) in [5.41, 5.74) is 1.25. The van der Waals surface area contributed by atoms with Gasteiger partial charge in [-0.25, -0.2) is 0 Å². The summed E-state index contributed by atoms with van der Waals surface area (Å²) in [7, 11) is 0. The first kappa shape index (κ1) is 11.5. The number of carbonyl (C=O) groups excluding carboxylic acids is 1. The third-order valence-electron chi connectivity index (χ3n) is 1.71. The summed E-state index contributed by atoms with van der Waals surface area (Å²) in [6, 6.07) is 10.1. The second kappa shape index (κ2) is 6.02. The van der Waals surface area contributed by atoms with Crippen molar-refractivity contribution in [3.8, 4) is 0 Å². The number of hydrogen-bond donors (Lipinski definition) is 0. The predicted molar refractivity (Wildman–Crippen MR) is 60.7 cm³/mol. The summed E-state index contributed by atoms with van der Waals surface area (Å²) in [5, 5.41) is 0.624. The molecular formula is C11H11ClOSe. The molecule has 0 fully saturated rings. The Balaban J connectivity index is 2.47. The Labute approximate surface area is 95.3 Å². The van der Waals surface area contributed by atoms with E-state index in [4.69, 9.17) is 11.6 Å². The van der Waals surface area contributed by atoms with E-state index in [-0.39, 0.29) is 25.0 Å². The molecule has 0 aliphatic heterocycles. The normalized spacial score (nSPS) is 12.1. The quantitative estimate of drug-likeness (QED) is 0.458. The molecule has 74 valence electrons. The summed E-state index contributed by atoms with van der Waals surface area (Å²) >= 11 is 5.58. The second-order valence-corrected chi connectivity index (χ2v) is 5.50. The van der Waals surface area contributed by atoms with Gasteiger partial charge in [0, 0.05) is 0 Å². The Hall–Kier alpha value is -0.561. The van der Waals surface area contributed by atoms with Gasteiger partial charge in [-0.05, 0) is 0 Å². The van der Waals surface area contributed by atoms with Gasteiger partial charge in [0.25, 0.3) is 0 Å². The fourth-order valence-corrected chi connectivity index (χ4v) is 3.15. The van der Waals surface area contributed by atoms with Crippen molar-refractivity contribution in [2.24, 2.45) is 0 Å². The molecule has 0 amide bonds. The summed E-state index contributed by atoms with van der Waals surface area (Å²) in [6.07, 6.45) is 1.64. The Morgan fingerprint density at radius 3 is 2.64 bits per heavy atom. The van der Waals surface area contributed by atoms with E-state index in [0.29, 0.717) is 0 Å². The molecule has 0 saturated carbocycles. The molecule has 1 aromatic carbocycles. The van der Waals surface area contributed by atoms with Crippen LogP contribution >= 0.6 is 11.6 Å². The van der Waals surface area contributed by atoms with Crippen LogP contribution in [0.3, 0.4) is 0 Å². The fourth-order valence-electron chi connectivity index (χ4n) is 0.986. The van der Waals surface area contributed by atoms with E-state index in [9.17, 15) is 4.79 Å². The number of allylic oxidation sites excluding steroid dienone is 1. The van der Waals surface area contributed by atoms with Crippen LogP contribution in [0.25, 0.3) is 0 Å². The SMILES string of the molecule is C=CC([Se]Cc1ccccc1)C(=O)Cl. The summed E-state index contributed by atoms with van der Waals surface area (Å²) in [4.78, 5) is 10.7. The van der Waals surface area contributed by atoms with Crippen molar-refractivity contribution in [2.75, 3.05) is 0 Å². The van der Waals surface area contributed by atoms with Gasteiger partial charge < -0.3 is 0 Å². The van der Waals surface area contributed by atoms with Crippen LogP contribution in [0.5, 0.6) is 0 Å². The summed E-state index contributed by atoms with van der Waals surface area (Å²) < 4.78 is 0. The van der Waals surface area contributed by atoms with E-state index in [0.717, 1.165) is 5.32 Å². The van der Waals surface area contributed by atoms with Gasteiger partial charge in [0.05, 0.1) is 0 Å². The van der Waals surface area contributed by atoms with Crippen LogP contribution in [0, 0.1) is 0 Å². The molecule has 0 aromatic heterocycles. The summed E-state index contributed by atoms with van der Waals surface area (Å²) in [6.45, 7) is 3.60. The maximum absolute atomic E-state index is 10.9. The maximum atomic E-state index is 10.9. The van der Waals surface area contributed by atoms with E-state index in [1.807, 2.05) is 18.2 Å². The van der Waals surface area contributed by atoms with Gasteiger partial charge in [0.2, 0.25) is 0 Å². The van der Waals surface area contributed by atoms with Crippen LogP contribution in [0.2, 0.25) is 4.82 Å². The molecule has 0 radical (unpaired) electrons. The number of halogens is 1. The molecular weight excluding hydrogens is 263 g/mol. The van der Waals surface area contributed by atoms with Crippen molar-refractivity contribution in [1.29, 1.82) is 0 Å². The monoisotopic (exact) mass is 274 g/mol. The van der Waals surface area contributed by atoms with Crippen molar-refractivity contribution in [2.45, 2.75) is 10.1 Å². The molecule has 1 atom stereocenters. The van der Waals surface area contributed by atoms with Crippen molar-refractivity contribution in [1.82, 2.24) is 0 Å². The van der Waals surface area contributed by atoms with Crippen LogP contribution in [0.1, 0.15) is 5.56 Å². The average molecular weight is 274 g/mol. The van der Waals surface area contributed by atoms with Crippen molar-refractivity contribution in [3.63, 3.8) is 0 Å². The molecule has 1 aromatic rings. The molecule has 1 unspecified atom stereocenters. The zero-order valence-corrected chi connectivity index (χ0v) is 10.1. The number of hydrogen-bond acceptors (Lipinski definition) is 1. The van der Waals surface area contributed by atoms with Crippen LogP contribution in [-0.4, -0.2) is 20.2 Å². The Kier molecular flexibility index (Phi) is 4.95. The van der Waals surface area contributed by atoms with Crippen LogP contribution in [-0.2, 0) is 10.1 Å². The number of benzene rings is 1. The van der Waals surface area contributed by atoms with Gasteiger partial charge in [-0.2, -0.15) is 0 Å². The van der Waals surface area contributed by atoms with Gasteiger partial charge in [-0.3, -0.25) is 0 Å².